The summed E-state index contributed by atoms with van der Waals surface area (Å²) >= 11 is 0. The highest BCUT2D eigenvalue weighted by molar-refractivity contribution is 7.88. The minimum absolute atomic E-state index is 0. The Labute approximate surface area is 185 Å². The second kappa shape index (κ2) is 9.48. The molecule has 30 heavy (non-hydrogen) atoms. The summed E-state index contributed by atoms with van der Waals surface area (Å²) < 4.78 is 26.0. The first-order valence-corrected chi connectivity index (χ1v) is 12.0. The van der Waals surface area contributed by atoms with Crippen molar-refractivity contribution in [3.8, 4) is 0 Å². The Balaban J connectivity index is 0.00000256. The van der Waals surface area contributed by atoms with Crippen LogP contribution in [0.5, 0.6) is 0 Å². The SMILES string of the molecule is CC(NCC1CN(S(C)(=O)=O)CC1c1ccccc1)c1cccc2ccccc12.Cl. The van der Waals surface area contributed by atoms with Gasteiger partial charge in [-0.05, 0) is 34.7 Å². The van der Waals surface area contributed by atoms with E-state index >= 15 is 0 Å². The fourth-order valence-electron chi connectivity index (χ4n) is 4.45. The molecule has 1 fully saturated rings. The normalized spacial score (nSPS) is 20.7. The van der Waals surface area contributed by atoms with E-state index in [0.29, 0.717) is 13.1 Å². The molecule has 0 radical (unpaired) electrons. The van der Waals surface area contributed by atoms with Crippen LogP contribution in [0.2, 0.25) is 0 Å². The van der Waals surface area contributed by atoms with Crippen LogP contribution in [-0.2, 0) is 10.0 Å². The standard InChI is InChI=1S/C24H28N2O2S.ClH/c1-18(22-14-8-12-19-11-6-7-13-23(19)22)25-15-21-16-26(29(2,27)28)17-24(21)20-9-4-3-5-10-20;/h3-14,18,21,24-25H,15-17H2,1-2H3;1H. The number of sulfonamides is 1. The largest absolute Gasteiger partial charge is 0.310 e. The first kappa shape index (κ1) is 22.8. The molecule has 0 saturated carbocycles. The molecule has 6 heteroatoms. The maximum Gasteiger partial charge on any atom is 0.211 e. The maximum atomic E-state index is 12.2. The molecule has 3 aromatic rings. The van der Waals surface area contributed by atoms with Gasteiger partial charge >= 0.3 is 0 Å². The van der Waals surface area contributed by atoms with E-state index in [0.717, 1.165) is 6.54 Å². The number of rotatable bonds is 6. The highest BCUT2D eigenvalue weighted by atomic mass is 35.5. The third-order valence-corrected chi connectivity index (χ3v) is 7.32. The fourth-order valence-corrected chi connectivity index (χ4v) is 5.35. The van der Waals surface area contributed by atoms with Crippen molar-refractivity contribution in [2.75, 3.05) is 25.9 Å². The molecule has 160 valence electrons. The molecule has 0 amide bonds. The van der Waals surface area contributed by atoms with Gasteiger partial charge in [-0.2, -0.15) is 0 Å². The molecular weight excluding hydrogens is 416 g/mol. The van der Waals surface area contributed by atoms with Gasteiger partial charge in [-0.25, -0.2) is 12.7 Å². The molecule has 3 atom stereocenters. The van der Waals surface area contributed by atoms with Crippen molar-refractivity contribution in [3.63, 3.8) is 0 Å². The number of nitrogens with zero attached hydrogens (tertiary/aromatic N) is 1. The zero-order valence-electron chi connectivity index (χ0n) is 17.4. The van der Waals surface area contributed by atoms with Crippen LogP contribution in [0.1, 0.15) is 30.0 Å². The Hall–Kier alpha value is -1.92. The molecule has 3 aromatic carbocycles. The minimum atomic E-state index is -3.19. The van der Waals surface area contributed by atoms with Crippen LogP contribution in [0, 0.1) is 5.92 Å². The number of fused-ring (bicyclic) bond motifs is 1. The monoisotopic (exact) mass is 444 g/mol. The summed E-state index contributed by atoms with van der Waals surface area (Å²) in [6.45, 7) is 4.07. The molecule has 0 bridgehead atoms. The first-order valence-electron chi connectivity index (χ1n) is 10.1. The van der Waals surface area contributed by atoms with Crippen molar-refractivity contribution >= 4 is 33.2 Å². The molecule has 1 aliphatic rings. The maximum absolute atomic E-state index is 12.2. The topological polar surface area (TPSA) is 49.4 Å². The third kappa shape index (κ3) is 4.86. The van der Waals surface area contributed by atoms with Crippen molar-refractivity contribution in [1.82, 2.24) is 9.62 Å². The molecule has 0 spiro atoms. The van der Waals surface area contributed by atoms with Crippen LogP contribution in [0.3, 0.4) is 0 Å². The third-order valence-electron chi connectivity index (χ3n) is 6.08. The van der Waals surface area contributed by atoms with Crippen LogP contribution in [0.4, 0.5) is 0 Å². The summed E-state index contributed by atoms with van der Waals surface area (Å²) in [6, 6.07) is 25.3. The number of halogens is 1. The summed E-state index contributed by atoms with van der Waals surface area (Å²) in [4.78, 5) is 0. The van der Waals surface area contributed by atoms with Crippen molar-refractivity contribution in [2.24, 2.45) is 5.92 Å². The van der Waals surface area contributed by atoms with Crippen LogP contribution < -0.4 is 5.32 Å². The quantitative estimate of drug-likeness (QED) is 0.605. The van der Waals surface area contributed by atoms with Gasteiger partial charge in [-0.1, -0.05) is 72.8 Å². The Morgan fingerprint density at radius 2 is 1.63 bits per heavy atom. The predicted molar refractivity (Wildman–Crippen MR) is 127 cm³/mol. The second-order valence-corrected chi connectivity index (χ2v) is 10.0. The number of hydrogen-bond donors (Lipinski definition) is 1. The van der Waals surface area contributed by atoms with Gasteiger partial charge < -0.3 is 5.32 Å². The molecule has 1 saturated heterocycles. The molecule has 1 aliphatic heterocycles. The zero-order chi connectivity index (χ0) is 20.4. The predicted octanol–water partition coefficient (Wildman–Crippen LogP) is 4.59. The van der Waals surface area contributed by atoms with E-state index in [4.69, 9.17) is 0 Å². The van der Waals surface area contributed by atoms with E-state index < -0.39 is 10.0 Å². The average molecular weight is 445 g/mol. The smallest absolute Gasteiger partial charge is 0.211 e. The molecule has 1 heterocycles. The minimum Gasteiger partial charge on any atom is -0.310 e. The Morgan fingerprint density at radius 3 is 2.37 bits per heavy atom. The van der Waals surface area contributed by atoms with Gasteiger partial charge in [0.2, 0.25) is 10.0 Å². The van der Waals surface area contributed by atoms with Crippen molar-refractivity contribution < 1.29 is 8.42 Å². The van der Waals surface area contributed by atoms with E-state index in [1.165, 1.54) is 28.2 Å². The molecule has 3 unspecified atom stereocenters. The van der Waals surface area contributed by atoms with Gasteiger partial charge in [0.05, 0.1) is 6.26 Å². The Kier molecular flexibility index (Phi) is 7.19. The van der Waals surface area contributed by atoms with Gasteiger partial charge in [0.1, 0.15) is 0 Å². The van der Waals surface area contributed by atoms with Crippen molar-refractivity contribution in [3.05, 3.63) is 83.9 Å². The first-order chi connectivity index (χ1) is 13.9. The highest BCUT2D eigenvalue weighted by Crippen LogP contribution is 2.34. The zero-order valence-corrected chi connectivity index (χ0v) is 19.0. The fraction of sp³-hybridized carbons (Fsp3) is 0.333. The number of hydrogen-bond acceptors (Lipinski definition) is 3. The van der Waals surface area contributed by atoms with Crippen LogP contribution in [0.15, 0.2) is 72.8 Å². The van der Waals surface area contributed by atoms with Crippen LogP contribution in [-0.4, -0.2) is 38.6 Å². The second-order valence-electron chi connectivity index (χ2n) is 8.06. The number of nitrogens with one attached hydrogen (secondary N) is 1. The molecule has 0 aromatic heterocycles. The molecule has 0 aliphatic carbocycles. The van der Waals surface area contributed by atoms with Crippen molar-refractivity contribution in [2.45, 2.75) is 18.9 Å². The van der Waals surface area contributed by atoms with Gasteiger partial charge in [0.15, 0.2) is 0 Å². The van der Waals surface area contributed by atoms with E-state index in [9.17, 15) is 8.42 Å². The summed E-state index contributed by atoms with van der Waals surface area (Å²) in [5.74, 6) is 0.447. The van der Waals surface area contributed by atoms with Gasteiger partial charge in [-0.15, -0.1) is 12.4 Å². The lowest BCUT2D eigenvalue weighted by Gasteiger charge is -2.23. The molecule has 1 N–H and O–H groups in total. The summed E-state index contributed by atoms with van der Waals surface area (Å²) in [5.41, 5.74) is 2.49. The van der Waals surface area contributed by atoms with E-state index in [1.54, 1.807) is 4.31 Å². The molecule has 4 rings (SSSR count). The summed E-state index contributed by atoms with van der Waals surface area (Å²) in [6.07, 6.45) is 1.31. The van der Waals surface area contributed by atoms with Crippen LogP contribution >= 0.6 is 12.4 Å². The summed E-state index contributed by atoms with van der Waals surface area (Å²) in [7, 11) is -3.19. The Bertz CT molecular complexity index is 1080. The van der Waals surface area contributed by atoms with Gasteiger partial charge in [0.25, 0.3) is 0 Å². The average Bonchev–Trinajstić information content (AvgIpc) is 3.17. The number of benzene rings is 3. The lowest BCUT2D eigenvalue weighted by atomic mass is 9.88. The Morgan fingerprint density at radius 1 is 0.967 bits per heavy atom. The van der Waals surface area contributed by atoms with Gasteiger partial charge in [0, 0.05) is 31.6 Å². The van der Waals surface area contributed by atoms with E-state index in [1.807, 2.05) is 18.2 Å². The lowest BCUT2D eigenvalue weighted by molar-refractivity contribution is 0.423. The summed E-state index contributed by atoms with van der Waals surface area (Å²) in [5, 5.41) is 6.19. The molecule has 4 nitrogen and oxygen atoms in total. The van der Waals surface area contributed by atoms with Crippen LogP contribution in [0.25, 0.3) is 10.8 Å². The van der Waals surface area contributed by atoms with Gasteiger partial charge in [-0.3, -0.25) is 0 Å². The van der Waals surface area contributed by atoms with E-state index in [-0.39, 0.29) is 30.3 Å². The highest BCUT2D eigenvalue weighted by Gasteiger charge is 2.37. The molecular formula is C24H29ClN2O2S. The van der Waals surface area contributed by atoms with E-state index in [2.05, 4.69) is 66.8 Å². The lowest BCUT2D eigenvalue weighted by Crippen LogP contribution is -2.31. The van der Waals surface area contributed by atoms with Crippen molar-refractivity contribution in [1.29, 1.82) is 0 Å².